The quantitative estimate of drug-likeness (QED) is 0.935. The molecule has 0 saturated carbocycles. The monoisotopic (exact) mass is 332 g/mol. The zero-order valence-corrected chi connectivity index (χ0v) is 12.1. The summed E-state index contributed by atoms with van der Waals surface area (Å²) >= 11 is 0. The van der Waals surface area contributed by atoms with Crippen molar-refractivity contribution in [3.63, 3.8) is 0 Å². The van der Waals surface area contributed by atoms with Gasteiger partial charge in [0.05, 0.1) is 34.3 Å². The number of nitrogens with zero attached hydrogens (tertiary/aromatic N) is 2. The molecule has 9 heteroatoms. The Morgan fingerprint density at radius 3 is 2.36 bits per heavy atom. The van der Waals surface area contributed by atoms with Gasteiger partial charge < -0.3 is 5.11 Å². The van der Waals surface area contributed by atoms with E-state index in [-0.39, 0.29) is 22.9 Å². The molecule has 1 heterocycles. The predicted molar refractivity (Wildman–Crippen MR) is 71.9 cm³/mol. The van der Waals surface area contributed by atoms with Crippen molar-refractivity contribution in [2.45, 2.75) is 18.0 Å². The molecule has 0 aliphatic carbocycles. The Kier molecular flexibility index (Phi) is 4.10. The fourth-order valence-corrected chi connectivity index (χ4v) is 2.91. The van der Waals surface area contributed by atoms with Gasteiger partial charge in [-0.2, -0.15) is 13.2 Å². The maximum atomic E-state index is 12.8. The number of benzene rings is 1. The second-order valence-corrected chi connectivity index (χ2v) is 6.62. The highest BCUT2D eigenvalue weighted by atomic mass is 32.2. The molecule has 0 spiro atoms. The Morgan fingerprint density at radius 2 is 1.86 bits per heavy atom. The van der Waals surface area contributed by atoms with E-state index in [1.165, 1.54) is 6.92 Å². The SMILES string of the molecule is CCS(=O)(=O)c1cc(C(F)(F)F)ccc1-c1cnc(O)cn1. The van der Waals surface area contributed by atoms with Gasteiger partial charge in [-0.15, -0.1) is 0 Å². The Morgan fingerprint density at radius 1 is 1.18 bits per heavy atom. The number of rotatable bonds is 3. The first-order valence-corrected chi connectivity index (χ1v) is 7.76. The van der Waals surface area contributed by atoms with Crippen LogP contribution in [0.4, 0.5) is 13.2 Å². The minimum atomic E-state index is -4.66. The second-order valence-electron chi connectivity index (χ2n) is 4.37. The molecule has 2 rings (SSSR count). The van der Waals surface area contributed by atoms with Gasteiger partial charge in [-0.3, -0.25) is 0 Å². The highest BCUT2D eigenvalue weighted by Crippen LogP contribution is 2.35. The van der Waals surface area contributed by atoms with Crippen LogP contribution in [-0.2, 0) is 16.0 Å². The highest BCUT2D eigenvalue weighted by molar-refractivity contribution is 7.91. The van der Waals surface area contributed by atoms with E-state index < -0.39 is 26.5 Å². The van der Waals surface area contributed by atoms with Gasteiger partial charge in [0.2, 0.25) is 5.88 Å². The van der Waals surface area contributed by atoms with Gasteiger partial charge in [0.25, 0.3) is 0 Å². The van der Waals surface area contributed by atoms with E-state index in [0.29, 0.717) is 6.07 Å². The van der Waals surface area contributed by atoms with Crippen LogP contribution in [0, 0.1) is 0 Å². The van der Waals surface area contributed by atoms with Gasteiger partial charge in [-0.25, -0.2) is 18.4 Å². The molecule has 0 fully saturated rings. The van der Waals surface area contributed by atoms with E-state index in [0.717, 1.165) is 24.5 Å². The average molecular weight is 332 g/mol. The fraction of sp³-hybridized carbons (Fsp3) is 0.231. The van der Waals surface area contributed by atoms with Crippen molar-refractivity contribution in [1.82, 2.24) is 9.97 Å². The van der Waals surface area contributed by atoms with Crippen molar-refractivity contribution in [2.75, 3.05) is 5.75 Å². The lowest BCUT2D eigenvalue weighted by atomic mass is 10.1. The van der Waals surface area contributed by atoms with Crippen molar-refractivity contribution in [3.8, 4) is 17.1 Å². The van der Waals surface area contributed by atoms with Crippen molar-refractivity contribution >= 4 is 9.84 Å². The normalized spacial score (nSPS) is 12.4. The van der Waals surface area contributed by atoms with E-state index in [9.17, 15) is 21.6 Å². The molecule has 2 aromatic rings. The van der Waals surface area contributed by atoms with Crippen molar-refractivity contribution in [3.05, 3.63) is 36.2 Å². The lowest BCUT2D eigenvalue weighted by molar-refractivity contribution is -0.137. The molecular formula is C13H11F3N2O3S. The van der Waals surface area contributed by atoms with E-state index in [1.807, 2.05) is 0 Å². The number of aromatic hydroxyl groups is 1. The summed E-state index contributed by atoms with van der Waals surface area (Å²) in [5.74, 6) is -0.733. The smallest absolute Gasteiger partial charge is 0.416 e. The number of alkyl halides is 3. The number of aromatic nitrogens is 2. The molecule has 0 bridgehead atoms. The lowest BCUT2D eigenvalue weighted by Crippen LogP contribution is -2.11. The Hall–Kier alpha value is -2.16. The van der Waals surface area contributed by atoms with Gasteiger partial charge in [0.15, 0.2) is 9.84 Å². The number of sulfone groups is 1. The predicted octanol–water partition coefficient (Wildman–Crippen LogP) is 2.66. The third kappa shape index (κ3) is 3.19. The summed E-state index contributed by atoms with van der Waals surface area (Å²) in [6.07, 6.45) is -2.58. The van der Waals surface area contributed by atoms with Gasteiger partial charge in [-0.1, -0.05) is 13.0 Å². The van der Waals surface area contributed by atoms with E-state index in [2.05, 4.69) is 9.97 Å². The van der Waals surface area contributed by atoms with Crippen LogP contribution >= 0.6 is 0 Å². The van der Waals surface area contributed by atoms with Crippen molar-refractivity contribution in [2.24, 2.45) is 0 Å². The van der Waals surface area contributed by atoms with Crippen LogP contribution in [0.25, 0.3) is 11.3 Å². The Bertz CT molecular complexity index is 787. The summed E-state index contributed by atoms with van der Waals surface area (Å²) in [6.45, 7) is 1.34. The largest absolute Gasteiger partial charge is 0.492 e. The maximum Gasteiger partial charge on any atom is 0.416 e. The molecule has 22 heavy (non-hydrogen) atoms. The summed E-state index contributed by atoms with van der Waals surface area (Å²) in [7, 11) is -3.90. The molecule has 1 aromatic carbocycles. The first kappa shape index (κ1) is 16.2. The summed E-state index contributed by atoms with van der Waals surface area (Å²) < 4.78 is 62.5. The molecule has 0 atom stereocenters. The van der Waals surface area contributed by atoms with Crippen molar-refractivity contribution < 1.29 is 26.7 Å². The zero-order chi connectivity index (χ0) is 16.5. The third-order valence-electron chi connectivity index (χ3n) is 2.94. The zero-order valence-electron chi connectivity index (χ0n) is 11.3. The van der Waals surface area contributed by atoms with E-state index >= 15 is 0 Å². The molecule has 0 aliphatic rings. The second kappa shape index (κ2) is 5.56. The highest BCUT2D eigenvalue weighted by Gasteiger charge is 2.32. The summed E-state index contributed by atoms with van der Waals surface area (Å²) in [4.78, 5) is 6.87. The molecule has 0 aliphatic heterocycles. The van der Waals surface area contributed by atoms with Crippen LogP contribution in [0.5, 0.6) is 5.88 Å². The Balaban J connectivity index is 2.71. The first-order chi connectivity index (χ1) is 10.1. The van der Waals surface area contributed by atoms with Gasteiger partial charge >= 0.3 is 6.18 Å². The lowest BCUT2D eigenvalue weighted by Gasteiger charge is -2.13. The van der Waals surface area contributed by atoms with Gasteiger partial charge in [0, 0.05) is 5.56 Å². The third-order valence-corrected chi connectivity index (χ3v) is 4.71. The summed E-state index contributed by atoms with van der Waals surface area (Å²) in [6, 6.07) is 2.40. The minimum Gasteiger partial charge on any atom is -0.492 e. The number of hydrogen-bond acceptors (Lipinski definition) is 5. The minimum absolute atomic E-state index is 0.00218. The van der Waals surface area contributed by atoms with Crippen LogP contribution in [-0.4, -0.2) is 29.2 Å². The summed E-state index contributed by atoms with van der Waals surface area (Å²) in [5.41, 5.74) is -1.00. The van der Waals surface area contributed by atoms with Gasteiger partial charge in [0.1, 0.15) is 0 Å². The number of hydrogen-bond donors (Lipinski definition) is 1. The molecule has 0 amide bonds. The van der Waals surface area contributed by atoms with Gasteiger partial charge in [-0.05, 0) is 12.1 Å². The van der Waals surface area contributed by atoms with Crippen LogP contribution < -0.4 is 0 Å². The van der Waals surface area contributed by atoms with Crippen LogP contribution in [0.3, 0.4) is 0 Å². The van der Waals surface area contributed by atoms with E-state index in [4.69, 9.17) is 5.11 Å². The van der Waals surface area contributed by atoms with Crippen LogP contribution in [0.15, 0.2) is 35.5 Å². The molecule has 0 radical (unpaired) electrons. The molecule has 0 saturated heterocycles. The standard InChI is InChI=1S/C13H11F3N2O3S/c1-2-22(20,21)11-5-8(13(14,15)16)3-4-9(11)10-6-18-12(19)7-17-10/h3-7H,2H2,1H3,(H,18,19). The number of halogens is 3. The molecule has 1 aromatic heterocycles. The average Bonchev–Trinajstić information content (AvgIpc) is 2.46. The molecule has 0 unspecified atom stereocenters. The van der Waals surface area contributed by atoms with E-state index in [1.54, 1.807) is 0 Å². The molecule has 5 nitrogen and oxygen atoms in total. The van der Waals surface area contributed by atoms with Crippen molar-refractivity contribution in [1.29, 1.82) is 0 Å². The molecule has 118 valence electrons. The maximum absolute atomic E-state index is 12.8. The van der Waals surface area contributed by atoms with Crippen LogP contribution in [0.1, 0.15) is 12.5 Å². The first-order valence-electron chi connectivity index (χ1n) is 6.10. The molecule has 1 N–H and O–H groups in total. The van der Waals surface area contributed by atoms with Crippen LogP contribution in [0.2, 0.25) is 0 Å². The summed E-state index contributed by atoms with van der Waals surface area (Å²) in [5, 5.41) is 9.09. The topological polar surface area (TPSA) is 80.2 Å². The molecular weight excluding hydrogens is 321 g/mol. The Labute approximate surface area is 124 Å². The fourth-order valence-electron chi connectivity index (χ4n) is 1.78.